The first-order chi connectivity index (χ1) is 8.77. The van der Waals surface area contributed by atoms with E-state index < -0.39 is 10.3 Å². The first-order valence-corrected chi connectivity index (χ1v) is 5.78. The SMILES string of the molecule is CNC(=O)C(C)(C)CNc1ccc([N+](=O)[O-])cc1N. The molecule has 1 aromatic carbocycles. The van der Waals surface area contributed by atoms with E-state index in [1.807, 2.05) is 0 Å². The molecule has 0 heterocycles. The molecule has 4 N–H and O–H groups in total. The van der Waals surface area contributed by atoms with E-state index in [4.69, 9.17) is 5.73 Å². The number of benzene rings is 1. The van der Waals surface area contributed by atoms with Crippen LogP contribution in [0.2, 0.25) is 0 Å². The van der Waals surface area contributed by atoms with Gasteiger partial charge in [0.1, 0.15) is 0 Å². The molecule has 0 unspecified atom stereocenters. The van der Waals surface area contributed by atoms with Gasteiger partial charge in [0.15, 0.2) is 0 Å². The quantitative estimate of drug-likeness (QED) is 0.423. The van der Waals surface area contributed by atoms with Crippen molar-refractivity contribution in [3.8, 4) is 0 Å². The lowest BCUT2D eigenvalue weighted by Crippen LogP contribution is -2.39. The second kappa shape index (κ2) is 5.55. The van der Waals surface area contributed by atoms with Crippen LogP contribution in [0.15, 0.2) is 18.2 Å². The van der Waals surface area contributed by atoms with E-state index in [0.29, 0.717) is 12.2 Å². The van der Waals surface area contributed by atoms with E-state index in [1.165, 1.54) is 18.2 Å². The number of nitrogens with two attached hydrogens (primary N) is 1. The second-order valence-electron chi connectivity index (χ2n) is 4.85. The number of nitrogens with one attached hydrogen (secondary N) is 2. The number of hydrogen-bond donors (Lipinski definition) is 3. The molecular formula is C12H18N4O3. The van der Waals surface area contributed by atoms with Gasteiger partial charge in [-0.3, -0.25) is 14.9 Å². The molecule has 0 fully saturated rings. The molecule has 0 aliphatic rings. The van der Waals surface area contributed by atoms with E-state index in [2.05, 4.69) is 10.6 Å². The Morgan fingerprint density at radius 3 is 2.58 bits per heavy atom. The number of nitrogens with zero attached hydrogens (tertiary/aromatic N) is 1. The molecule has 1 aromatic rings. The van der Waals surface area contributed by atoms with Crippen molar-refractivity contribution < 1.29 is 9.72 Å². The number of nitrogen functional groups attached to an aromatic ring is 1. The zero-order valence-electron chi connectivity index (χ0n) is 11.2. The van der Waals surface area contributed by atoms with Crippen LogP contribution in [0.5, 0.6) is 0 Å². The number of anilines is 2. The molecule has 104 valence electrons. The van der Waals surface area contributed by atoms with Crippen LogP contribution >= 0.6 is 0 Å². The van der Waals surface area contributed by atoms with Crippen LogP contribution < -0.4 is 16.4 Å². The van der Waals surface area contributed by atoms with Crippen LogP contribution in [-0.4, -0.2) is 24.4 Å². The van der Waals surface area contributed by atoms with Crippen LogP contribution in [0, 0.1) is 15.5 Å². The number of hydrogen-bond acceptors (Lipinski definition) is 5. The van der Waals surface area contributed by atoms with Crippen molar-refractivity contribution in [3.63, 3.8) is 0 Å². The summed E-state index contributed by atoms with van der Waals surface area (Å²) in [5.41, 5.74) is 5.91. The van der Waals surface area contributed by atoms with Crippen LogP contribution in [-0.2, 0) is 4.79 Å². The lowest BCUT2D eigenvalue weighted by Gasteiger charge is -2.23. The molecule has 0 radical (unpaired) electrons. The van der Waals surface area contributed by atoms with Gasteiger partial charge >= 0.3 is 0 Å². The molecule has 1 rings (SSSR count). The monoisotopic (exact) mass is 266 g/mol. The van der Waals surface area contributed by atoms with E-state index >= 15 is 0 Å². The molecule has 0 atom stereocenters. The van der Waals surface area contributed by atoms with Gasteiger partial charge in [0.25, 0.3) is 5.69 Å². The van der Waals surface area contributed by atoms with Crippen molar-refractivity contribution in [1.82, 2.24) is 5.32 Å². The third-order valence-electron chi connectivity index (χ3n) is 2.81. The highest BCUT2D eigenvalue weighted by Crippen LogP contribution is 2.25. The molecule has 0 saturated heterocycles. The molecule has 0 saturated carbocycles. The van der Waals surface area contributed by atoms with Crippen LogP contribution in [0.3, 0.4) is 0 Å². The average Bonchev–Trinajstić information content (AvgIpc) is 2.36. The lowest BCUT2D eigenvalue weighted by molar-refractivity contribution is -0.384. The summed E-state index contributed by atoms with van der Waals surface area (Å²) in [4.78, 5) is 21.7. The minimum absolute atomic E-state index is 0.0615. The van der Waals surface area contributed by atoms with Crippen molar-refractivity contribution >= 4 is 23.0 Å². The largest absolute Gasteiger partial charge is 0.397 e. The number of rotatable bonds is 5. The zero-order chi connectivity index (χ0) is 14.6. The van der Waals surface area contributed by atoms with Crippen LogP contribution in [0.4, 0.5) is 17.1 Å². The molecule has 0 aliphatic heterocycles. The Morgan fingerprint density at radius 2 is 2.11 bits per heavy atom. The number of carbonyl (C=O) groups excluding carboxylic acids is 1. The summed E-state index contributed by atoms with van der Waals surface area (Å²) in [6.07, 6.45) is 0. The summed E-state index contributed by atoms with van der Waals surface area (Å²) in [6, 6.07) is 4.19. The van der Waals surface area contributed by atoms with Gasteiger partial charge in [0, 0.05) is 25.7 Å². The van der Waals surface area contributed by atoms with Gasteiger partial charge in [-0.2, -0.15) is 0 Å². The Balaban J connectivity index is 2.79. The number of amides is 1. The van der Waals surface area contributed by atoms with Gasteiger partial charge in [-0.25, -0.2) is 0 Å². The minimum atomic E-state index is -0.608. The molecule has 1 amide bonds. The maximum Gasteiger partial charge on any atom is 0.271 e. The number of carbonyl (C=O) groups is 1. The Bertz CT molecular complexity index is 500. The highest BCUT2D eigenvalue weighted by atomic mass is 16.6. The highest BCUT2D eigenvalue weighted by molar-refractivity contribution is 5.82. The fraction of sp³-hybridized carbons (Fsp3) is 0.417. The highest BCUT2D eigenvalue weighted by Gasteiger charge is 2.26. The van der Waals surface area contributed by atoms with Crippen molar-refractivity contribution in [2.75, 3.05) is 24.6 Å². The Labute approximate surface area is 111 Å². The van der Waals surface area contributed by atoms with Gasteiger partial charge < -0.3 is 16.4 Å². The number of nitro benzene ring substituents is 1. The van der Waals surface area contributed by atoms with E-state index in [9.17, 15) is 14.9 Å². The fourth-order valence-electron chi connectivity index (χ4n) is 1.56. The van der Waals surface area contributed by atoms with Crippen molar-refractivity contribution in [2.24, 2.45) is 5.41 Å². The van der Waals surface area contributed by atoms with E-state index in [0.717, 1.165) is 0 Å². The lowest BCUT2D eigenvalue weighted by atomic mass is 9.92. The van der Waals surface area contributed by atoms with Crippen molar-refractivity contribution in [2.45, 2.75) is 13.8 Å². The molecule has 7 nitrogen and oxygen atoms in total. The molecule has 0 bridgehead atoms. The Kier molecular flexibility index (Phi) is 4.31. The van der Waals surface area contributed by atoms with E-state index in [-0.39, 0.29) is 17.3 Å². The summed E-state index contributed by atoms with van der Waals surface area (Å²) in [7, 11) is 1.57. The maximum absolute atomic E-state index is 11.6. The molecule has 0 aliphatic carbocycles. The Morgan fingerprint density at radius 1 is 1.47 bits per heavy atom. The van der Waals surface area contributed by atoms with Crippen LogP contribution in [0.1, 0.15) is 13.8 Å². The van der Waals surface area contributed by atoms with Crippen molar-refractivity contribution in [1.29, 1.82) is 0 Å². The smallest absolute Gasteiger partial charge is 0.271 e. The predicted octanol–water partition coefficient (Wildman–Crippen LogP) is 1.36. The average molecular weight is 266 g/mol. The Hall–Kier alpha value is -2.31. The minimum Gasteiger partial charge on any atom is -0.397 e. The van der Waals surface area contributed by atoms with Gasteiger partial charge in [0.2, 0.25) is 5.91 Å². The zero-order valence-corrected chi connectivity index (χ0v) is 11.2. The summed E-state index contributed by atoms with van der Waals surface area (Å²) >= 11 is 0. The topological polar surface area (TPSA) is 110 Å². The normalized spacial score (nSPS) is 10.9. The molecular weight excluding hydrogens is 248 g/mol. The summed E-state index contributed by atoms with van der Waals surface area (Å²) in [5.74, 6) is -0.0968. The second-order valence-corrected chi connectivity index (χ2v) is 4.85. The number of nitro groups is 1. The standard InChI is InChI=1S/C12H18N4O3/c1-12(2,11(17)14-3)7-15-10-5-4-8(16(18)19)6-9(10)13/h4-6,15H,7,13H2,1-3H3,(H,14,17). The summed E-state index contributed by atoms with van der Waals surface area (Å²) in [6.45, 7) is 3.95. The van der Waals surface area contributed by atoms with Gasteiger partial charge in [0.05, 0.1) is 21.7 Å². The van der Waals surface area contributed by atoms with Gasteiger partial charge in [-0.15, -0.1) is 0 Å². The van der Waals surface area contributed by atoms with E-state index in [1.54, 1.807) is 20.9 Å². The van der Waals surface area contributed by atoms with Gasteiger partial charge in [-0.05, 0) is 19.9 Å². The van der Waals surface area contributed by atoms with Gasteiger partial charge in [-0.1, -0.05) is 0 Å². The number of non-ortho nitro benzene ring substituents is 1. The van der Waals surface area contributed by atoms with Crippen LogP contribution in [0.25, 0.3) is 0 Å². The summed E-state index contributed by atoms with van der Waals surface area (Å²) < 4.78 is 0. The first kappa shape index (κ1) is 14.7. The summed E-state index contributed by atoms with van der Waals surface area (Å²) in [5, 5.41) is 16.2. The molecule has 0 aromatic heterocycles. The predicted molar refractivity (Wildman–Crippen MR) is 73.8 cm³/mol. The van der Waals surface area contributed by atoms with Crippen molar-refractivity contribution in [3.05, 3.63) is 28.3 Å². The molecule has 7 heteroatoms. The fourth-order valence-corrected chi connectivity index (χ4v) is 1.56. The molecule has 0 spiro atoms. The third kappa shape index (κ3) is 3.57. The first-order valence-electron chi connectivity index (χ1n) is 5.78. The maximum atomic E-state index is 11.6. The molecule has 19 heavy (non-hydrogen) atoms. The third-order valence-corrected chi connectivity index (χ3v) is 2.81.